The third-order valence-electron chi connectivity index (χ3n) is 1.99. The van der Waals surface area contributed by atoms with Crippen molar-refractivity contribution in [1.82, 2.24) is 5.32 Å². The highest BCUT2D eigenvalue weighted by Crippen LogP contribution is 2.18. The number of nitrogens with one attached hydrogen (secondary N) is 2. The summed E-state index contributed by atoms with van der Waals surface area (Å²) in [6.45, 7) is -0.186. The maximum atomic E-state index is 11.5. The first-order chi connectivity index (χ1) is 8.15. The molecule has 17 heavy (non-hydrogen) atoms. The van der Waals surface area contributed by atoms with Crippen molar-refractivity contribution in [3.8, 4) is 0 Å². The highest BCUT2D eigenvalue weighted by molar-refractivity contribution is 7.98. The quantitative estimate of drug-likeness (QED) is 0.664. The van der Waals surface area contributed by atoms with E-state index in [0.29, 0.717) is 5.69 Å². The van der Waals surface area contributed by atoms with E-state index in [9.17, 15) is 9.59 Å². The number of amides is 2. The molecule has 0 atom stereocenters. The molecule has 5 nitrogen and oxygen atoms in total. The summed E-state index contributed by atoms with van der Waals surface area (Å²) >= 11 is 1.59. The van der Waals surface area contributed by atoms with Crippen molar-refractivity contribution in [3.63, 3.8) is 0 Å². The van der Waals surface area contributed by atoms with E-state index in [0.717, 1.165) is 4.90 Å². The van der Waals surface area contributed by atoms with Crippen LogP contribution in [0.25, 0.3) is 0 Å². The van der Waals surface area contributed by atoms with Crippen LogP contribution >= 0.6 is 11.8 Å². The van der Waals surface area contributed by atoms with Crippen LogP contribution in [0.15, 0.2) is 29.2 Å². The monoisotopic (exact) mass is 253 g/mol. The lowest BCUT2D eigenvalue weighted by molar-refractivity contribution is -0.123. The smallest absolute Gasteiger partial charge is 0.243 e. The molecular formula is C11H15N3O2S. The van der Waals surface area contributed by atoms with Crippen LogP contribution in [0.1, 0.15) is 0 Å². The Balaban J connectivity index is 2.47. The number of rotatable bonds is 5. The van der Waals surface area contributed by atoms with Gasteiger partial charge in [-0.3, -0.25) is 9.59 Å². The highest BCUT2D eigenvalue weighted by atomic mass is 32.2. The van der Waals surface area contributed by atoms with Crippen molar-refractivity contribution in [2.75, 3.05) is 24.7 Å². The Morgan fingerprint density at radius 2 is 2.12 bits per heavy atom. The molecular weight excluding hydrogens is 238 g/mol. The van der Waals surface area contributed by atoms with Gasteiger partial charge >= 0.3 is 0 Å². The number of carbonyl (C=O) groups excluding carboxylic acids is 2. The second-order valence-electron chi connectivity index (χ2n) is 3.26. The van der Waals surface area contributed by atoms with E-state index < -0.39 is 0 Å². The van der Waals surface area contributed by atoms with E-state index in [-0.39, 0.29) is 24.9 Å². The summed E-state index contributed by atoms with van der Waals surface area (Å²) in [6.07, 6.45) is 1.96. The Bertz CT molecular complexity index is 409. The van der Waals surface area contributed by atoms with Gasteiger partial charge in [0.25, 0.3) is 0 Å². The third kappa shape index (κ3) is 4.88. The molecule has 0 saturated carbocycles. The summed E-state index contributed by atoms with van der Waals surface area (Å²) in [5, 5.41) is 5.09. The van der Waals surface area contributed by atoms with Crippen LogP contribution in [0, 0.1) is 0 Å². The normalized spacial score (nSPS) is 9.76. The number of hydrogen-bond donors (Lipinski definition) is 3. The SMILES string of the molecule is CSc1cccc(NC(=O)CNC(=O)CN)c1. The first-order valence-corrected chi connectivity index (χ1v) is 6.29. The molecule has 1 aromatic rings. The number of hydrogen-bond acceptors (Lipinski definition) is 4. The summed E-state index contributed by atoms with van der Waals surface area (Å²) in [5.74, 6) is -0.622. The van der Waals surface area contributed by atoms with Gasteiger partial charge in [-0.2, -0.15) is 0 Å². The van der Waals surface area contributed by atoms with Crippen LogP contribution in [0.3, 0.4) is 0 Å². The fourth-order valence-corrected chi connectivity index (χ4v) is 1.62. The molecule has 0 aliphatic heterocycles. The summed E-state index contributed by atoms with van der Waals surface area (Å²) in [5.41, 5.74) is 5.81. The van der Waals surface area contributed by atoms with Gasteiger partial charge in [0.2, 0.25) is 11.8 Å². The maximum Gasteiger partial charge on any atom is 0.243 e. The van der Waals surface area contributed by atoms with Crippen LogP contribution in [0.2, 0.25) is 0 Å². The van der Waals surface area contributed by atoms with Crippen LogP contribution < -0.4 is 16.4 Å². The van der Waals surface area contributed by atoms with Crippen molar-refractivity contribution >= 4 is 29.3 Å². The van der Waals surface area contributed by atoms with Crippen molar-refractivity contribution in [2.45, 2.75) is 4.90 Å². The van der Waals surface area contributed by atoms with Gasteiger partial charge in [0.05, 0.1) is 13.1 Å². The second-order valence-corrected chi connectivity index (χ2v) is 4.14. The summed E-state index contributed by atoms with van der Waals surface area (Å²) in [7, 11) is 0. The second kappa shape index (κ2) is 6.93. The maximum absolute atomic E-state index is 11.5. The summed E-state index contributed by atoms with van der Waals surface area (Å²) < 4.78 is 0. The standard InChI is InChI=1S/C11H15N3O2S/c1-17-9-4-2-3-8(5-9)14-11(16)7-13-10(15)6-12/h2-5H,6-7,12H2,1H3,(H,13,15)(H,14,16). The Morgan fingerprint density at radius 1 is 1.35 bits per heavy atom. The molecule has 0 radical (unpaired) electrons. The van der Waals surface area contributed by atoms with Crippen LogP contribution in [-0.4, -0.2) is 31.2 Å². The first kappa shape index (κ1) is 13.5. The number of anilines is 1. The van der Waals surface area contributed by atoms with E-state index >= 15 is 0 Å². The molecule has 0 aliphatic rings. The lowest BCUT2D eigenvalue weighted by Gasteiger charge is -2.07. The van der Waals surface area contributed by atoms with Gasteiger partial charge in [0.15, 0.2) is 0 Å². The molecule has 0 unspecified atom stereocenters. The fourth-order valence-electron chi connectivity index (χ4n) is 1.16. The molecule has 4 N–H and O–H groups in total. The largest absolute Gasteiger partial charge is 0.346 e. The molecule has 0 heterocycles. The molecule has 6 heteroatoms. The minimum Gasteiger partial charge on any atom is -0.346 e. The minimum absolute atomic E-state index is 0.0699. The molecule has 0 saturated heterocycles. The number of thioether (sulfide) groups is 1. The highest BCUT2D eigenvalue weighted by Gasteiger charge is 2.04. The van der Waals surface area contributed by atoms with Gasteiger partial charge in [-0.15, -0.1) is 11.8 Å². The van der Waals surface area contributed by atoms with Gasteiger partial charge in [0, 0.05) is 10.6 Å². The van der Waals surface area contributed by atoms with Crippen LogP contribution in [-0.2, 0) is 9.59 Å². The zero-order chi connectivity index (χ0) is 12.7. The zero-order valence-electron chi connectivity index (χ0n) is 9.53. The lowest BCUT2D eigenvalue weighted by atomic mass is 10.3. The topological polar surface area (TPSA) is 84.2 Å². The number of benzene rings is 1. The van der Waals surface area contributed by atoms with E-state index in [1.165, 1.54) is 0 Å². The third-order valence-corrected chi connectivity index (χ3v) is 2.71. The van der Waals surface area contributed by atoms with Crippen molar-refractivity contribution in [2.24, 2.45) is 5.73 Å². The molecule has 2 amide bonds. The summed E-state index contributed by atoms with van der Waals surface area (Å²) in [4.78, 5) is 23.4. The average Bonchev–Trinajstić information content (AvgIpc) is 2.36. The minimum atomic E-state index is -0.349. The van der Waals surface area contributed by atoms with E-state index in [4.69, 9.17) is 5.73 Å². The Morgan fingerprint density at radius 3 is 2.76 bits per heavy atom. The lowest BCUT2D eigenvalue weighted by Crippen LogP contribution is -2.36. The summed E-state index contributed by atoms with van der Waals surface area (Å²) in [6, 6.07) is 7.48. The zero-order valence-corrected chi connectivity index (χ0v) is 10.3. The van der Waals surface area contributed by atoms with E-state index in [1.54, 1.807) is 17.8 Å². The molecule has 1 rings (SSSR count). The van der Waals surface area contributed by atoms with Crippen LogP contribution in [0.4, 0.5) is 5.69 Å². The Kier molecular flexibility index (Phi) is 5.51. The van der Waals surface area contributed by atoms with Crippen molar-refractivity contribution < 1.29 is 9.59 Å². The Labute approximate surface area is 104 Å². The van der Waals surface area contributed by atoms with Crippen molar-refractivity contribution in [1.29, 1.82) is 0 Å². The predicted octanol–water partition coefficient (Wildman–Crippen LogP) is 0.422. The van der Waals surface area contributed by atoms with Crippen molar-refractivity contribution in [3.05, 3.63) is 24.3 Å². The molecule has 0 bridgehead atoms. The average molecular weight is 253 g/mol. The van der Waals surface area contributed by atoms with E-state index in [1.807, 2.05) is 24.5 Å². The van der Waals surface area contributed by atoms with Gasteiger partial charge < -0.3 is 16.4 Å². The molecule has 0 spiro atoms. The Hall–Kier alpha value is -1.53. The molecule has 0 aliphatic carbocycles. The fraction of sp³-hybridized carbons (Fsp3) is 0.273. The first-order valence-electron chi connectivity index (χ1n) is 5.06. The van der Waals surface area contributed by atoms with E-state index in [2.05, 4.69) is 10.6 Å². The number of carbonyl (C=O) groups is 2. The molecule has 0 aromatic heterocycles. The predicted molar refractivity (Wildman–Crippen MR) is 68.9 cm³/mol. The number of nitrogens with two attached hydrogens (primary N) is 1. The molecule has 0 fully saturated rings. The molecule has 92 valence electrons. The van der Waals surface area contributed by atoms with Gasteiger partial charge in [-0.1, -0.05) is 6.07 Å². The van der Waals surface area contributed by atoms with Gasteiger partial charge in [-0.05, 0) is 24.5 Å². The van der Waals surface area contributed by atoms with Gasteiger partial charge in [-0.25, -0.2) is 0 Å². The van der Waals surface area contributed by atoms with Gasteiger partial charge in [0.1, 0.15) is 0 Å². The van der Waals surface area contributed by atoms with Crippen LogP contribution in [0.5, 0.6) is 0 Å². The molecule has 1 aromatic carbocycles.